The highest BCUT2D eigenvalue weighted by molar-refractivity contribution is 6.11. The summed E-state index contributed by atoms with van der Waals surface area (Å²) in [6.07, 6.45) is 2.16. The number of para-hydroxylation sites is 3. The molecule has 29 heavy (non-hydrogen) atoms. The van der Waals surface area contributed by atoms with Crippen LogP contribution in [-0.4, -0.2) is 18.9 Å². The molecule has 0 saturated heterocycles. The van der Waals surface area contributed by atoms with Crippen LogP contribution in [-0.2, 0) is 4.79 Å². The van der Waals surface area contributed by atoms with Crippen LogP contribution in [0.2, 0.25) is 0 Å². The number of benzene rings is 2. The fraction of sp³-hybridized carbons (Fsp3) is 0.333. The number of ether oxygens (including phenoxy) is 1. The molecular weight excluding hydrogens is 364 g/mol. The summed E-state index contributed by atoms with van der Waals surface area (Å²) in [5.74, 6) is 0.313. The van der Waals surface area contributed by atoms with E-state index in [2.05, 4.69) is 30.6 Å². The van der Waals surface area contributed by atoms with Gasteiger partial charge >= 0.3 is 0 Å². The van der Waals surface area contributed by atoms with Gasteiger partial charge in [-0.2, -0.15) is 0 Å². The Morgan fingerprint density at radius 1 is 0.966 bits per heavy atom. The SMILES string of the molecule is COc1ccccc1NC(=O)c1ccccc1NC(=O)[C@@H]1[C@H](C=C(C)C)C1(C)C. The average molecular weight is 392 g/mol. The number of methoxy groups -OCH3 is 1. The fourth-order valence-electron chi connectivity index (χ4n) is 3.79. The molecule has 5 nitrogen and oxygen atoms in total. The molecule has 0 radical (unpaired) electrons. The predicted octanol–water partition coefficient (Wildman–Crippen LogP) is 5.12. The van der Waals surface area contributed by atoms with E-state index < -0.39 is 0 Å². The number of carbonyl (C=O) groups is 2. The van der Waals surface area contributed by atoms with Crippen LogP contribution >= 0.6 is 0 Å². The van der Waals surface area contributed by atoms with Gasteiger partial charge < -0.3 is 15.4 Å². The number of nitrogens with one attached hydrogen (secondary N) is 2. The zero-order valence-corrected chi connectivity index (χ0v) is 17.6. The van der Waals surface area contributed by atoms with Crippen LogP contribution in [0.1, 0.15) is 38.1 Å². The van der Waals surface area contributed by atoms with Crippen molar-refractivity contribution in [2.45, 2.75) is 27.7 Å². The number of hydrogen-bond donors (Lipinski definition) is 2. The van der Waals surface area contributed by atoms with Gasteiger partial charge in [0.1, 0.15) is 5.75 Å². The van der Waals surface area contributed by atoms with Crippen molar-refractivity contribution in [2.75, 3.05) is 17.7 Å². The molecule has 0 heterocycles. The van der Waals surface area contributed by atoms with E-state index in [0.717, 1.165) is 0 Å². The van der Waals surface area contributed by atoms with Crippen LogP contribution in [0.4, 0.5) is 11.4 Å². The second kappa shape index (κ2) is 8.11. The van der Waals surface area contributed by atoms with Crippen molar-refractivity contribution in [3.8, 4) is 5.75 Å². The van der Waals surface area contributed by atoms with E-state index in [0.29, 0.717) is 22.7 Å². The molecule has 2 amide bonds. The van der Waals surface area contributed by atoms with Gasteiger partial charge in [0, 0.05) is 0 Å². The van der Waals surface area contributed by atoms with Crippen LogP contribution in [0.3, 0.4) is 0 Å². The molecule has 0 aliphatic heterocycles. The average Bonchev–Trinajstić information content (AvgIpc) is 3.21. The Hall–Kier alpha value is -3.08. The summed E-state index contributed by atoms with van der Waals surface area (Å²) in [7, 11) is 1.55. The number of rotatable bonds is 6. The topological polar surface area (TPSA) is 67.4 Å². The van der Waals surface area contributed by atoms with Crippen molar-refractivity contribution in [3.05, 3.63) is 65.7 Å². The van der Waals surface area contributed by atoms with Crippen molar-refractivity contribution < 1.29 is 14.3 Å². The van der Waals surface area contributed by atoms with Gasteiger partial charge in [-0.05, 0) is 49.4 Å². The van der Waals surface area contributed by atoms with E-state index >= 15 is 0 Å². The summed E-state index contributed by atoms with van der Waals surface area (Å²) >= 11 is 0. The highest BCUT2D eigenvalue weighted by Gasteiger charge is 2.60. The van der Waals surface area contributed by atoms with Crippen LogP contribution < -0.4 is 15.4 Å². The van der Waals surface area contributed by atoms with Crippen LogP contribution in [0, 0.1) is 17.3 Å². The monoisotopic (exact) mass is 392 g/mol. The van der Waals surface area contributed by atoms with Gasteiger partial charge in [-0.15, -0.1) is 0 Å². The minimum Gasteiger partial charge on any atom is -0.495 e. The van der Waals surface area contributed by atoms with Crippen molar-refractivity contribution in [1.29, 1.82) is 0 Å². The van der Waals surface area contributed by atoms with Gasteiger partial charge in [0.2, 0.25) is 5.91 Å². The Morgan fingerprint density at radius 2 is 1.59 bits per heavy atom. The first kappa shape index (κ1) is 20.6. The number of anilines is 2. The normalized spacial score (nSPS) is 19.1. The molecule has 0 bridgehead atoms. The molecule has 1 aliphatic rings. The van der Waals surface area contributed by atoms with Gasteiger partial charge in [-0.3, -0.25) is 9.59 Å². The molecule has 3 rings (SSSR count). The maximum absolute atomic E-state index is 12.9. The maximum Gasteiger partial charge on any atom is 0.257 e. The first-order chi connectivity index (χ1) is 13.8. The van der Waals surface area contributed by atoms with Crippen LogP contribution in [0.15, 0.2) is 60.2 Å². The molecule has 1 aliphatic carbocycles. The number of allylic oxidation sites excluding steroid dienone is 2. The standard InChI is InChI=1S/C24H28N2O3/c1-15(2)14-17-21(24(17,3)4)23(28)25-18-11-7-6-10-16(18)22(27)26-19-12-8-9-13-20(19)29-5/h6-14,17,21H,1-5H3,(H,25,28)(H,26,27)/t17-,21-/m0/s1. The first-order valence-corrected chi connectivity index (χ1v) is 9.75. The van der Waals surface area contributed by atoms with Crippen LogP contribution in [0.25, 0.3) is 0 Å². The zero-order chi connectivity index (χ0) is 21.2. The lowest BCUT2D eigenvalue weighted by molar-refractivity contribution is -0.118. The second-order valence-corrected chi connectivity index (χ2v) is 8.26. The quantitative estimate of drug-likeness (QED) is 0.670. The highest BCUT2D eigenvalue weighted by atomic mass is 16.5. The van der Waals surface area contributed by atoms with E-state index in [1.807, 2.05) is 26.0 Å². The molecule has 152 valence electrons. The van der Waals surface area contributed by atoms with Crippen LogP contribution in [0.5, 0.6) is 5.75 Å². The lowest BCUT2D eigenvalue weighted by Gasteiger charge is -2.13. The van der Waals surface area contributed by atoms with E-state index in [4.69, 9.17) is 4.74 Å². The van der Waals surface area contributed by atoms with Crippen molar-refractivity contribution in [1.82, 2.24) is 0 Å². The van der Waals surface area contributed by atoms with E-state index in [-0.39, 0.29) is 29.1 Å². The summed E-state index contributed by atoms with van der Waals surface area (Å²) in [4.78, 5) is 25.8. The minimum atomic E-state index is -0.304. The molecule has 0 aromatic heterocycles. The number of hydrogen-bond acceptors (Lipinski definition) is 3. The third kappa shape index (κ3) is 4.34. The number of amides is 2. The summed E-state index contributed by atoms with van der Waals surface area (Å²) < 4.78 is 5.29. The Bertz CT molecular complexity index is 958. The van der Waals surface area contributed by atoms with E-state index in [1.54, 1.807) is 43.5 Å². The first-order valence-electron chi connectivity index (χ1n) is 9.75. The zero-order valence-electron chi connectivity index (χ0n) is 17.6. The Morgan fingerprint density at radius 3 is 2.24 bits per heavy atom. The number of carbonyl (C=O) groups excluding carboxylic acids is 2. The van der Waals surface area contributed by atoms with E-state index in [1.165, 1.54) is 5.57 Å². The van der Waals surface area contributed by atoms with Crippen molar-refractivity contribution in [3.63, 3.8) is 0 Å². The van der Waals surface area contributed by atoms with Gasteiger partial charge in [-0.25, -0.2) is 0 Å². The molecule has 0 unspecified atom stereocenters. The molecule has 2 aromatic rings. The smallest absolute Gasteiger partial charge is 0.257 e. The largest absolute Gasteiger partial charge is 0.495 e. The third-order valence-electron chi connectivity index (χ3n) is 5.49. The molecular formula is C24H28N2O3. The Balaban J connectivity index is 1.78. The molecule has 2 aromatic carbocycles. The molecule has 5 heteroatoms. The highest BCUT2D eigenvalue weighted by Crippen LogP contribution is 2.59. The van der Waals surface area contributed by atoms with Crippen molar-refractivity contribution in [2.24, 2.45) is 17.3 Å². The second-order valence-electron chi connectivity index (χ2n) is 8.26. The molecule has 1 fully saturated rings. The van der Waals surface area contributed by atoms with Gasteiger partial charge in [-0.1, -0.05) is 49.8 Å². The maximum atomic E-state index is 12.9. The molecule has 0 spiro atoms. The van der Waals surface area contributed by atoms with Crippen molar-refractivity contribution >= 4 is 23.2 Å². The summed E-state index contributed by atoms with van der Waals surface area (Å²) in [5.41, 5.74) is 2.60. The molecule has 1 saturated carbocycles. The van der Waals surface area contributed by atoms with E-state index in [9.17, 15) is 9.59 Å². The Labute approximate surface area is 172 Å². The lowest BCUT2D eigenvalue weighted by atomic mass is 10.1. The predicted molar refractivity (Wildman–Crippen MR) is 116 cm³/mol. The summed E-state index contributed by atoms with van der Waals surface area (Å²) in [6.45, 7) is 8.28. The molecule has 2 N–H and O–H groups in total. The molecule has 2 atom stereocenters. The third-order valence-corrected chi connectivity index (χ3v) is 5.49. The van der Waals surface area contributed by atoms with Gasteiger partial charge in [0.25, 0.3) is 5.91 Å². The Kier molecular flexibility index (Phi) is 5.78. The summed E-state index contributed by atoms with van der Waals surface area (Å²) in [5, 5.41) is 5.83. The van der Waals surface area contributed by atoms with Gasteiger partial charge in [0.05, 0.1) is 30.0 Å². The fourth-order valence-corrected chi connectivity index (χ4v) is 3.79. The van der Waals surface area contributed by atoms with Gasteiger partial charge in [0.15, 0.2) is 0 Å². The minimum absolute atomic E-state index is 0.0601. The summed E-state index contributed by atoms with van der Waals surface area (Å²) in [6, 6.07) is 14.2. The lowest BCUT2D eigenvalue weighted by Crippen LogP contribution is -2.21.